The monoisotopic (exact) mass is 367 g/mol. The summed E-state index contributed by atoms with van der Waals surface area (Å²) in [5.41, 5.74) is 3.93. The van der Waals surface area contributed by atoms with Crippen molar-refractivity contribution in [3.8, 4) is 11.4 Å². The van der Waals surface area contributed by atoms with Crippen molar-refractivity contribution in [1.82, 2.24) is 19.3 Å². The van der Waals surface area contributed by atoms with Gasteiger partial charge in [0.1, 0.15) is 17.6 Å². The molecule has 0 radical (unpaired) electrons. The molecule has 4 heterocycles. The molecular weight excluding hydrogens is 341 g/mol. The third kappa shape index (κ3) is 3.54. The molecule has 0 spiro atoms. The first kappa shape index (κ1) is 17.9. The van der Waals surface area contributed by atoms with Gasteiger partial charge in [0.05, 0.1) is 23.6 Å². The molecule has 1 N–H and O–H groups in total. The third-order valence-electron chi connectivity index (χ3n) is 5.15. The lowest BCUT2D eigenvalue weighted by molar-refractivity contribution is 0.314. The predicted molar refractivity (Wildman–Crippen MR) is 107 cm³/mol. The van der Waals surface area contributed by atoms with E-state index in [1.807, 2.05) is 42.4 Å². The normalized spacial score (nSPS) is 21.1. The van der Waals surface area contributed by atoms with E-state index >= 15 is 0 Å². The molecule has 0 aromatic carbocycles. The van der Waals surface area contributed by atoms with Gasteiger partial charge in [-0.3, -0.25) is 4.40 Å². The average molecular weight is 367 g/mol. The van der Waals surface area contributed by atoms with Crippen molar-refractivity contribution >= 4 is 11.5 Å². The summed E-state index contributed by atoms with van der Waals surface area (Å²) in [7, 11) is 1.93. The van der Waals surface area contributed by atoms with Crippen molar-refractivity contribution in [2.45, 2.75) is 38.4 Å². The topological polar surface area (TPSA) is 45.5 Å². The summed E-state index contributed by atoms with van der Waals surface area (Å²) in [6.45, 7) is 7.72. The summed E-state index contributed by atoms with van der Waals surface area (Å²) >= 11 is 0. The fourth-order valence-corrected chi connectivity index (χ4v) is 3.55. The number of fused-ring (bicyclic) bond motifs is 1. The second kappa shape index (κ2) is 6.60. The lowest BCUT2D eigenvalue weighted by Crippen LogP contribution is -2.29. The first-order valence-corrected chi connectivity index (χ1v) is 9.35. The largest absolute Gasteiger partial charge is 0.363 e. The molecule has 142 valence electrons. The molecule has 0 bridgehead atoms. The van der Waals surface area contributed by atoms with Gasteiger partial charge in [-0.25, -0.2) is 14.4 Å². The summed E-state index contributed by atoms with van der Waals surface area (Å²) in [5, 5.41) is 3.25. The van der Waals surface area contributed by atoms with Crippen molar-refractivity contribution in [3.05, 3.63) is 48.3 Å². The van der Waals surface area contributed by atoms with Crippen molar-refractivity contribution in [2.24, 2.45) is 0 Å². The Morgan fingerprint density at radius 2 is 1.96 bits per heavy atom. The van der Waals surface area contributed by atoms with E-state index in [4.69, 9.17) is 4.98 Å². The van der Waals surface area contributed by atoms with Gasteiger partial charge < -0.3 is 10.2 Å². The highest BCUT2D eigenvalue weighted by Gasteiger charge is 2.30. The van der Waals surface area contributed by atoms with Gasteiger partial charge in [-0.15, -0.1) is 0 Å². The molecule has 0 amide bonds. The van der Waals surface area contributed by atoms with E-state index in [2.05, 4.69) is 47.7 Å². The molecule has 5 nitrogen and oxygen atoms in total. The minimum atomic E-state index is -0.884. The summed E-state index contributed by atoms with van der Waals surface area (Å²) in [6.07, 6.45) is 3.09. The number of nitrogens with zero attached hydrogens (tertiary/aromatic N) is 4. The van der Waals surface area contributed by atoms with Crippen LogP contribution in [0.4, 0.5) is 10.2 Å². The first-order valence-electron chi connectivity index (χ1n) is 9.35. The van der Waals surface area contributed by atoms with Crippen LogP contribution < -0.4 is 5.32 Å². The lowest BCUT2D eigenvalue weighted by Gasteiger charge is -2.19. The van der Waals surface area contributed by atoms with E-state index in [1.165, 1.54) is 5.56 Å². The molecule has 1 aliphatic rings. The van der Waals surface area contributed by atoms with Crippen molar-refractivity contribution in [1.29, 1.82) is 0 Å². The quantitative estimate of drug-likeness (QED) is 0.766. The highest BCUT2D eigenvalue weighted by atomic mass is 19.1. The van der Waals surface area contributed by atoms with E-state index in [0.29, 0.717) is 18.9 Å². The molecule has 4 rings (SSSR count). The Morgan fingerprint density at radius 3 is 2.67 bits per heavy atom. The SMILES string of the molecule is CN1C[C@H](Nc2cccc(-c3cnc4ccc(C(C)(C)C)cn34)n2)[C@@H](F)C1. The van der Waals surface area contributed by atoms with Crippen molar-refractivity contribution in [3.63, 3.8) is 0 Å². The number of aromatic nitrogens is 3. The van der Waals surface area contributed by atoms with Crippen LogP contribution in [0.2, 0.25) is 0 Å². The maximum Gasteiger partial charge on any atom is 0.137 e. The van der Waals surface area contributed by atoms with Gasteiger partial charge in [-0.1, -0.05) is 32.9 Å². The Morgan fingerprint density at radius 1 is 1.15 bits per heavy atom. The van der Waals surface area contributed by atoms with Crippen LogP contribution in [0.3, 0.4) is 0 Å². The van der Waals surface area contributed by atoms with Gasteiger partial charge in [-0.05, 0) is 36.2 Å². The van der Waals surface area contributed by atoms with Crippen molar-refractivity contribution < 1.29 is 4.39 Å². The summed E-state index contributed by atoms with van der Waals surface area (Å²) in [5.74, 6) is 0.692. The highest BCUT2D eigenvalue weighted by Crippen LogP contribution is 2.26. The number of imidazole rings is 1. The van der Waals surface area contributed by atoms with Crippen LogP contribution in [-0.4, -0.2) is 51.6 Å². The fraction of sp³-hybridized carbons (Fsp3) is 0.429. The van der Waals surface area contributed by atoms with Gasteiger partial charge in [0.15, 0.2) is 0 Å². The van der Waals surface area contributed by atoms with Gasteiger partial charge in [-0.2, -0.15) is 0 Å². The van der Waals surface area contributed by atoms with Crippen LogP contribution in [0.15, 0.2) is 42.7 Å². The standard InChI is InChI=1S/C21H26FN5/c1-21(2,3)14-8-9-20-23-10-18(27(20)11-14)16-6-5-7-19(24-16)25-17-13-26(4)12-15(17)22/h5-11,15,17H,12-13H2,1-4H3,(H,24,25)/t15-,17-/m0/s1. The van der Waals surface area contributed by atoms with Gasteiger partial charge in [0, 0.05) is 19.3 Å². The fourth-order valence-electron chi connectivity index (χ4n) is 3.55. The number of hydrogen-bond donors (Lipinski definition) is 1. The number of nitrogens with one attached hydrogen (secondary N) is 1. The number of likely N-dealkylation sites (N-methyl/N-ethyl adjacent to an activating group) is 1. The van der Waals surface area contributed by atoms with Crippen LogP contribution in [0, 0.1) is 0 Å². The smallest absolute Gasteiger partial charge is 0.137 e. The lowest BCUT2D eigenvalue weighted by atomic mass is 9.88. The number of alkyl halides is 1. The second-order valence-electron chi connectivity index (χ2n) is 8.44. The third-order valence-corrected chi connectivity index (χ3v) is 5.15. The van der Waals surface area contributed by atoms with E-state index < -0.39 is 6.17 Å². The van der Waals surface area contributed by atoms with Crippen LogP contribution in [0.1, 0.15) is 26.3 Å². The minimum absolute atomic E-state index is 0.0528. The maximum absolute atomic E-state index is 14.1. The number of rotatable bonds is 3. The molecule has 1 fully saturated rings. The molecule has 0 saturated carbocycles. The molecule has 3 aromatic heterocycles. The van der Waals surface area contributed by atoms with Crippen LogP contribution in [-0.2, 0) is 5.41 Å². The maximum atomic E-state index is 14.1. The Kier molecular flexibility index (Phi) is 4.38. The summed E-state index contributed by atoms with van der Waals surface area (Å²) in [4.78, 5) is 11.2. The average Bonchev–Trinajstić information content (AvgIpc) is 3.16. The Bertz CT molecular complexity index is 959. The summed E-state index contributed by atoms with van der Waals surface area (Å²) < 4.78 is 16.2. The number of hydrogen-bond acceptors (Lipinski definition) is 4. The van der Waals surface area contributed by atoms with Gasteiger partial charge >= 0.3 is 0 Å². The van der Waals surface area contributed by atoms with Crippen LogP contribution >= 0.6 is 0 Å². The van der Waals surface area contributed by atoms with Crippen molar-refractivity contribution in [2.75, 3.05) is 25.5 Å². The number of halogens is 1. The van der Waals surface area contributed by atoms with Gasteiger partial charge in [0.25, 0.3) is 0 Å². The van der Waals surface area contributed by atoms with Gasteiger partial charge in [0.2, 0.25) is 0 Å². The molecule has 6 heteroatoms. The van der Waals surface area contributed by atoms with Crippen LogP contribution in [0.25, 0.3) is 17.0 Å². The first-order chi connectivity index (χ1) is 12.8. The summed E-state index contributed by atoms with van der Waals surface area (Å²) in [6, 6.07) is 9.73. The molecule has 27 heavy (non-hydrogen) atoms. The molecule has 2 atom stereocenters. The van der Waals surface area contributed by atoms with E-state index in [-0.39, 0.29) is 11.5 Å². The highest BCUT2D eigenvalue weighted by molar-refractivity contribution is 5.62. The predicted octanol–water partition coefficient (Wildman–Crippen LogP) is 3.76. The zero-order chi connectivity index (χ0) is 19.2. The molecule has 3 aromatic rings. The zero-order valence-electron chi connectivity index (χ0n) is 16.3. The number of anilines is 1. The number of likely N-dealkylation sites (tertiary alicyclic amines) is 1. The Hall–Kier alpha value is -2.47. The number of pyridine rings is 2. The van der Waals surface area contributed by atoms with E-state index in [1.54, 1.807) is 0 Å². The zero-order valence-corrected chi connectivity index (χ0v) is 16.3. The van der Waals surface area contributed by atoms with Crippen LogP contribution in [0.5, 0.6) is 0 Å². The van der Waals surface area contributed by atoms with E-state index in [9.17, 15) is 4.39 Å². The molecular formula is C21H26FN5. The molecule has 1 aliphatic heterocycles. The molecule has 0 unspecified atom stereocenters. The molecule has 0 aliphatic carbocycles. The Balaban J connectivity index is 1.67. The van der Waals surface area contributed by atoms with E-state index in [0.717, 1.165) is 17.0 Å². The molecule has 1 saturated heterocycles. The Labute approximate surface area is 159 Å². The second-order valence-corrected chi connectivity index (χ2v) is 8.44. The minimum Gasteiger partial charge on any atom is -0.363 e.